The van der Waals surface area contributed by atoms with Crippen LogP contribution in [-0.4, -0.2) is 34.2 Å². The van der Waals surface area contributed by atoms with Crippen LogP contribution in [0.15, 0.2) is 48.5 Å². The number of hydrogen-bond donors (Lipinski definition) is 1. The summed E-state index contributed by atoms with van der Waals surface area (Å²) in [5.74, 6) is -0.0185. The first-order chi connectivity index (χ1) is 16.0. The summed E-state index contributed by atoms with van der Waals surface area (Å²) in [5, 5.41) is 17.8. The highest BCUT2D eigenvalue weighted by Crippen LogP contribution is 2.32. The standard InChI is InChI=1S/C26H28ClN5O/c1-3-4-5-22-17-31(16-19-8-6-18(14-28)7-9-19)26(33)25-13-24(30-32(22)25)23-11-10-21(27)12-20(23)15-29-2/h6-13,22,29H,3-5,15-17H2,1-2H3. The number of unbranched alkanes of at least 4 members (excludes halogenated alkanes) is 1. The fourth-order valence-electron chi connectivity index (χ4n) is 4.38. The summed E-state index contributed by atoms with van der Waals surface area (Å²) in [4.78, 5) is 15.4. The van der Waals surface area contributed by atoms with E-state index in [1.165, 1.54) is 0 Å². The van der Waals surface area contributed by atoms with Crippen LogP contribution in [0.2, 0.25) is 5.02 Å². The van der Waals surface area contributed by atoms with E-state index in [0.29, 0.717) is 35.9 Å². The Labute approximate surface area is 199 Å². The van der Waals surface area contributed by atoms with E-state index >= 15 is 0 Å². The van der Waals surface area contributed by atoms with Crippen molar-refractivity contribution < 1.29 is 4.79 Å². The minimum atomic E-state index is -0.0185. The first kappa shape index (κ1) is 23.0. The molecule has 0 radical (unpaired) electrons. The summed E-state index contributed by atoms with van der Waals surface area (Å²) < 4.78 is 1.93. The molecular weight excluding hydrogens is 434 g/mol. The Hall–Kier alpha value is -3.14. The first-order valence-corrected chi connectivity index (χ1v) is 11.7. The summed E-state index contributed by atoms with van der Waals surface area (Å²) in [6.07, 6.45) is 3.13. The lowest BCUT2D eigenvalue weighted by molar-refractivity contribution is 0.0635. The third kappa shape index (κ3) is 4.95. The van der Waals surface area contributed by atoms with Crippen molar-refractivity contribution in [2.75, 3.05) is 13.6 Å². The van der Waals surface area contributed by atoms with Crippen LogP contribution in [0, 0.1) is 11.3 Å². The number of nitrogens with one attached hydrogen (secondary N) is 1. The molecule has 0 aliphatic carbocycles. The van der Waals surface area contributed by atoms with Gasteiger partial charge < -0.3 is 10.2 Å². The predicted molar refractivity (Wildman–Crippen MR) is 130 cm³/mol. The maximum Gasteiger partial charge on any atom is 0.272 e. The second kappa shape index (κ2) is 10.2. The van der Waals surface area contributed by atoms with Crippen LogP contribution in [0.4, 0.5) is 0 Å². The molecule has 7 heteroatoms. The lowest BCUT2D eigenvalue weighted by Crippen LogP contribution is -2.42. The lowest BCUT2D eigenvalue weighted by Gasteiger charge is -2.33. The zero-order valence-corrected chi connectivity index (χ0v) is 19.8. The van der Waals surface area contributed by atoms with Gasteiger partial charge in [-0.15, -0.1) is 0 Å². The molecule has 1 aliphatic heterocycles. The van der Waals surface area contributed by atoms with Crippen LogP contribution in [0.25, 0.3) is 11.3 Å². The number of carbonyl (C=O) groups excluding carboxylic acids is 1. The number of hydrogen-bond acceptors (Lipinski definition) is 4. The van der Waals surface area contributed by atoms with E-state index in [-0.39, 0.29) is 11.9 Å². The summed E-state index contributed by atoms with van der Waals surface area (Å²) in [7, 11) is 1.90. The molecular formula is C26H28ClN5O. The van der Waals surface area contributed by atoms with Crippen LogP contribution in [0.1, 0.15) is 59.4 Å². The van der Waals surface area contributed by atoms with E-state index in [2.05, 4.69) is 18.3 Å². The summed E-state index contributed by atoms with van der Waals surface area (Å²) in [5.41, 5.74) is 5.08. The molecule has 1 atom stereocenters. The van der Waals surface area contributed by atoms with Crippen molar-refractivity contribution in [2.45, 2.75) is 45.3 Å². The third-order valence-corrected chi connectivity index (χ3v) is 6.31. The van der Waals surface area contributed by atoms with Gasteiger partial charge in [-0.1, -0.05) is 49.6 Å². The summed E-state index contributed by atoms with van der Waals surface area (Å²) in [6, 6.07) is 17.4. The zero-order valence-electron chi connectivity index (χ0n) is 19.0. The van der Waals surface area contributed by atoms with Gasteiger partial charge in [0.1, 0.15) is 5.69 Å². The highest BCUT2D eigenvalue weighted by Gasteiger charge is 2.33. The zero-order chi connectivity index (χ0) is 23.4. The van der Waals surface area contributed by atoms with Gasteiger partial charge in [0.05, 0.1) is 23.4 Å². The van der Waals surface area contributed by atoms with E-state index in [9.17, 15) is 4.79 Å². The van der Waals surface area contributed by atoms with Gasteiger partial charge in [-0.25, -0.2) is 0 Å². The highest BCUT2D eigenvalue weighted by molar-refractivity contribution is 6.30. The monoisotopic (exact) mass is 461 g/mol. The molecule has 0 bridgehead atoms. The number of amides is 1. The molecule has 0 saturated carbocycles. The van der Waals surface area contributed by atoms with Gasteiger partial charge in [-0.3, -0.25) is 9.48 Å². The van der Waals surface area contributed by atoms with Gasteiger partial charge in [0.2, 0.25) is 0 Å². The molecule has 0 spiro atoms. The van der Waals surface area contributed by atoms with Crippen LogP contribution < -0.4 is 5.32 Å². The Morgan fingerprint density at radius 2 is 2.00 bits per heavy atom. The van der Waals surface area contributed by atoms with Gasteiger partial charge in [0, 0.05) is 30.2 Å². The Kier molecular flexibility index (Phi) is 7.12. The Balaban J connectivity index is 1.68. The van der Waals surface area contributed by atoms with Crippen molar-refractivity contribution in [3.05, 3.63) is 75.9 Å². The Morgan fingerprint density at radius 1 is 1.21 bits per heavy atom. The maximum atomic E-state index is 13.5. The lowest BCUT2D eigenvalue weighted by atomic mass is 10.0. The van der Waals surface area contributed by atoms with E-state index in [1.54, 1.807) is 12.1 Å². The first-order valence-electron chi connectivity index (χ1n) is 11.3. The van der Waals surface area contributed by atoms with Crippen molar-refractivity contribution >= 4 is 17.5 Å². The number of benzene rings is 2. The number of rotatable bonds is 8. The molecule has 2 aromatic carbocycles. The van der Waals surface area contributed by atoms with Crippen LogP contribution in [-0.2, 0) is 13.1 Å². The number of halogens is 1. The maximum absolute atomic E-state index is 13.5. The van der Waals surface area contributed by atoms with Crippen molar-refractivity contribution in [1.29, 1.82) is 5.26 Å². The number of nitriles is 1. The van der Waals surface area contributed by atoms with E-state index in [1.807, 2.05) is 53.0 Å². The second-order valence-corrected chi connectivity index (χ2v) is 8.92. The SMILES string of the molecule is CCCCC1CN(Cc2ccc(C#N)cc2)C(=O)c2cc(-c3ccc(Cl)cc3CNC)nn21. The van der Waals surface area contributed by atoms with Crippen molar-refractivity contribution in [3.63, 3.8) is 0 Å². The fraction of sp³-hybridized carbons (Fsp3) is 0.346. The van der Waals surface area contributed by atoms with E-state index < -0.39 is 0 Å². The predicted octanol–water partition coefficient (Wildman–Crippen LogP) is 5.18. The molecule has 1 unspecified atom stereocenters. The summed E-state index contributed by atoms with van der Waals surface area (Å²) in [6.45, 7) is 3.97. The van der Waals surface area contributed by atoms with Crippen LogP contribution in [0.5, 0.6) is 0 Å². The largest absolute Gasteiger partial charge is 0.331 e. The van der Waals surface area contributed by atoms with E-state index in [0.717, 1.165) is 41.6 Å². The molecule has 4 rings (SSSR count). The minimum Gasteiger partial charge on any atom is -0.331 e. The molecule has 1 aromatic heterocycles. The van der Waals surface area contributed by atoms with Crippen LogP contribution >= 0.6 is 11.6 Å². The van der Waals surface area contributed by atoms with Crippen molar-refractivity contribution in [3.8, 4) is 17.3 Å². The Bertz CT molecular complexity index is 1180. The van der Waals surface area contributed by atoms with Crippen LogP contribution in [0.3, 0.4) is 0 Å². The molecule has 6 nitrogen and oxygen atoms in total. The van der Waals surface area contributed by atoms with Crippen molar-refractivity contribution in [2.24, 2.45) is 0 Å². The molecule has 2 heterocycles. The fourth-order valence-corrected chi connectivity index (χ4v) is 4.58. The van der Waals surface area contributed by atoms with Crippen molar-refractivity contribution in [1.82, 2.24) is 20.0 Å². The molecule has 1 aliphatic rings. The second-order valence-electron chi connectivity index (χ2n) is 8.48. The highest BCUT2D eigenvalue weighted by atomic mass is 35.5. The average molecular weight is 462 g/mol. The molecule has 3 aromatic rings. The summed E-state index contributed by atoms with van der Waals surface area (Å²) >= 11 is 6.23. The molecule has 170 valence electrons. The molecule has 0 saturated heterocycles. The number of carbonyl (C=O) groups is 1. The number of aromatic nitrogens is 2. The van der Waals surface area contributed by atoms with Gasteiger partial charge in [0.15, 0.2) is 0 Å². The van der Waals surface area contributed by atoms with Gasteiger partial charge in [-0.2, -0.15) is 10.4 Å². The quantitative estimate of drug-likeness (QED) is 0.501. The van der Waals surface area contributed by atoms with Gasteiger partial charge in [-0.05, 0) is 54.9 Å². The van der Waals surface area contributed by atoms with E-state index in [4.69, 9.17) is 22.0 Å². The smallest absolute Gasteiger partial charge is 0.272 e. The minimum absolute atomic E-state index is 0.0185. The molecule has 0 fully saturated rings. The number of nitrogens with zero attached hydrogens (tertiary/aromatic N) is 4. The Morgan fingerprint density at radius 3 is 2.70 bits per heavy atom. The average Bonchev–Trinajstić information content (AvgIpc) is 3.27. The topological polar surface area (TPSA) is 74.0 Å². The molecule has 1 amide bonds. The van der Waals surface area contributed by atoms with Gasteiger partial charge in [0.25, 0.3) is 5.91 Å². The molecule has 33 heavy (non-hydrogen) atoms. The van der Waals surface area contributed by atoms with Gasteiger partial charge >= 0.3 is 0 Å². The normalized spacial score (nSPS) is 15.4. The number of fused-ring (bicyclic) bond motifs is 1. The third-order valence-electron chi connectivity index (χ3n) is 6.08. The molecule has 1 N–H and O–H groups in total.